The normalized spacial score (nSPS) is 14.5. The summed E-state index contributed by atoms with van der Waals surface area (Å²) in [4.78, 5) is 26.4. The number of hydrogen-bond acceptors (Lipinski definition) is 3. The highest BCUT2D eigenvalue weighted by Gasteiger charge is 2.24. The van der Waals surface area contributed by atoms with Gasteiger partial charge in [0.05, 0.1) is 0 Å². The van der Waals surface area contributed by atoms with Gasteiger partial charge in [-0.15, -0.1) is 0 Å². The number of carbonyl (C=O) groups is 2. The lowest BCUT2D eigenvalue weighted by Crippen LogP contribution is -2.47. The zero-order valence-corrected chi connectivity index (χ0v) is 17.5. The summed E-state index contributed by atoms with van der Waals surface area (Å²) in [6.45, 7) is 3.17. The third-order valence-corrected chi connectivity index (χ3v) is 5.61. The highest BCUT2D eigenvalue weighted by Crippen LogP contribution is 2.21. The molecule has 1 aliphatic heterocycles. The number of amides is 2. The number of benzene rings is 2. The van der Waals surface area contributed by atoms with Gasteiger partial charge in [0.15, 0.2) is 6.61 Å². The van der Waals surface area contributed by atoms with E-state index < -0.39 is 0 Å². The van der Waals surface area contributed by atoms with Crippen LogP contribution in [-0.4, -0.2) is 42.5 Å². The minimum Gasteiger partial charge on any atom is -0.484 e. The van der Waals surface area contributed by atoms with Gasteiger partial charge in [-0.1, -0.05) is 41.9 Å². The number of nitrogens with one attached hydrogen (secondary N) is 1. The van der Waals surface area contributed by atoms with Crippen LogP contribution in [0.25, 0.3) is 0 Å². The van der Waals surface area contributed by atoms with Gasteiger partial charge >= 0.3 is 0 Å². The Balaban J connectivity index is 1.36. The van der Waals surface area contributed by atoms with Crippen molar-refractivity contribution in [3.8, 4) is 5.75 Å². The van der Waals surface area contributed by atoms with Crippen molar-refractivity contribution < 1.29 is 14.3 Å². The van der Waals surface area contributed by atoms with E-state index in [9.17, 15) is 9.59 Å². The Morgan fingerprint density at radius 2 is 1.86 bits per heavy atom. The first-order valence-corrected chi connectivity index (χ1v) is 10.4. The van der Waals surface area contributed by atoms with Gasteiger partial charge in [-0.05, 0) is 55.5 Å². The van der Waals surface area contributed by atoms with Gasteiger partial charge in [0.2, 0.25) is 5.91 Å². The van der Waals surface area contributed by atoms with Gasteiger partial charge in [0.1, 0.15) is 5.75 Å². The fraction of sp³-hybridized carbons (Fsp3) is 0.391. The SMILES string of the molecule is Cc1cc(OCC(=O)N2CCC(NC(=O)CCc3ccccc3)CC2)ccc1Cl. The highest BCUT2D eigenvalue weighted by atomic mass is 35.5. The van der Waals surface area contributed by atoms with Crippen molar-refractivity contribution in [3.05, 3.63) is 64.7 Å². The molecule has 6 heteroatoms. The molecule has 154 valence electrons. The fourth-order valence-electron chi connectivity index (χ4n) is 3.42. The highest BCUT2D eigenvalue weighted by molar-refractivity contribution is 6.31. The van der Waals surface area contributed by atoms with Crippen molar-refractivity contribution >= 4 is 23.4 Å². The number of nitrogens with zero attached hydrogens (tertiary/aromatic N) is 1. The number of rotatable bonds is 7. The molecule has 29 heavy (non-hydrogen) atoms. The van der Waals surface area contributed by atoms with Crippen LogP contribution >= 0.6 is 11.6 Å². The molecule has 0 spiro atoms. The summed E-state index contributed by atoms with van der Waals surface area (Å²) in [5, 5.41) is 3.77. The van der Waals surface area contributed by atoms with Gasteiger partial charge < -0.3 is 15.0 Å². The molecule has 2 aromatic carbocycles. The summed E-state index contributed by atoms with van der Waals surface area (Å²) in [6, 6.07) is 15.5. The molecule has 0 bridgehead atoms. The van der Waals surface area contributed by atoms with Gasteiger partial charge in [0.25, 0.3) is 5.91 Å². The number of ether oxygens (including phenoxy) is 1. The number of hydrogen-bond donors (Lipinski definition) is 1. The quantitative estimate of drug-likeness (QED) is 0.750. The summed E-state index contributed by atoms with van der Waals surface area (Å²) >= 11 is 6.00. The van der Waals surface area contributed by atoms with Crippen molar-refractivity contribution in [1.29, 1.82) is 0 Å². The molecule has 1 heterocycles. The fourth-order valence-corrected chi connectivity index (χ4v) is 3.54. The van der Waals surface area contributed by atoms with Crippen LogP contribution in [0, 0.1) is 6.92 Å². The molecule has 0 atom stereocenters. The largest absolute Gasteiger partial charge is 0.484 e. The zero-order valence-electron chi connectivity index (χ0n) is 16.7. The molecule has 2 amide bonds. The third-order valence-electron chi connectivity index (χ3n) is 5.19. The van der Waals surface area contributed by atoms with E-state index in [-0.39, 0.29) is 24.5 Å². The number of halogens is 1. The summed E-state index contributed by atoms with van der Waals surface area (Å²) < 4.78 is 5.60. The molecule has 0 unspecified atom stereocenters. The molecule has 1 N–H and O–H groups in total. The van der Waals surface area contributed by atoms with Crippen LogP contribution in [0.15, 0.2) is 48.5 Å². The van der Waals surface area contributed by atoms with Gasteiger partial charge in [-0.2, -0.15) is 0 Å². The smallest absolute Gasteiger partial charge is 0.260 e. The Morgan fingerprint density at radius 1 is 1.14 bits per heavy atom. The standard InChI is InChI=1S/C23H27ClN2O3/c1-17-15-20(8-9-21(17)24)29-16-23(28)26-13-11-19(12-14-26)25-22(27)10-7-18-5-3-2-4-6-18/h2-6,8-9,15,19H,7,10-14,16H2,1H3,(H,25,27). The Bertz CT molecular complexity index is 833. The van der Waals surface area contributed by atoms with Crippen molar-refractivity contribution in [3.63, 3.8) is 0 Å². The molecule has 2 aromatic rings. The lowest BCUT2D eigenvalue weighted by atomic mass is 10.0. The maximum atomic E-state index is 12.4. The zero-order chi connectivity index (χ0) is 20.6. The van der Waals surface area contributed by atoms with E-state index in [2.05, 4.69) is 5.32 Å². The molecular formula is C23H27ClN2O3. The molecule has 5 nitrogen and oxygen atoms in total. The van der Waals surface area contributed by atoms with Crippen LogP contribution in [-0.2, 0) is 16.0 Å². The van der Waals surface area contributed by atoms with Crippen molar-refractivity contribution in [2.75, 3.05) is 19.7 Å². The Kier molecular flexibility index (Phi) is 7.53. The molecule has 0 aromatic heterocycles. The molecule has 0 radical (unpaired) electrons. The molecule has 0 saturated carbocycles. The van der Waals surface area contributed by atoms with Crippen LogP contribution in [0.4, 0.5) is 0 Å². The second-order valence-corrected chi connectivity index (χ2v) is 7.82. The molecule has 3 rings (SSSR count). The topological polar surface area (TPSA) is 58.6 Å². The summed E-state index contributed by atoms with van der Waals surface area (Å²) in [6.07, 6.45) is 2.76. The molecule has 1 aliphatic rings. The van der Waals surface area contributed by atoms with Gasteiger partial charge in [0, 0.05) is 30.6 Å². The predicted molar refractivity (Wildman–Crippen MR) is 114 cm³/mol. The number of carbonyl (C=O) groups excluding carboxylic acids is 2. The first kappa shape index (κ1) is 21.2. The number of likely N-dealkylation sites (tertiary alicyclic amines) is 1. The van der Waals surface area contributed by atoms with Crippen molar-refractivity contribution in [2.45, 2.75) is 38.6 Å². The maximum Gasteiger partial charge on any atom is 0.260 e. The molecule has 1 fully saturated rings. The monoisotopic (exact) mass is 414 g/mol. The average molecular weight is 415 g/mol. The van der Waals surface area contributed by atoms with E-state index >= 15 is 0 Å². The van der Waals surface area contributed by atoms with Crippen LogP contribution in [0.3, 0.4) is 0 Å². The Morgan fingerprint density at radius 3 is 2.55 bits per heavy atom. The number of aryl methyl sites for hydroxylation is 2. The third kappa shape index (κ3) is 6.50. The summed E-state index contributed by atoms with van der Waals surface area (Å²) in [7, 11) is 0. The summed E-state index contributed by atoms with van der Waals surface area (Å²) in [5.74, 6) is 0.673. The lowest BCUT2D eigenvalue weighted by Gasteiger charge is -2.32. The second-order valence-electron chi connectivity index (χ2n) is 7.41. The van der Waals surface area contributed by atoms with E-state index in [0.29, 0.717) is 30.3 Å². The molecule has 0 aliphatic carbocycles. The first-order chi connectivity index (χ1) is 14.0. The number of piperidine rings is 1. The molecular weight excluding hydrogens is 388 g/mol. The minimum atomic E-state index is -0.0357. The predicted octanol–water partition coefficient (Wildman–Crippen LogP) is 3.77. The van der Waals surface area contributed by atoms with Crippen LogP contribution in [0.1, 0.15) is 30.4 Å². The van der Waals surface area contributed by atoms with Crippen LogP contribution < -0.4 is 10.1 Å². The van der Waals surface area contributed by atoms with Crippen LogP contribution in [0.2, 0.25) is 5.02 Å². The summed E-state index contributed by atoms with van der Waals surface area (Å²) in [5.41, 5.74) is 2.08. The van der Waals surface area contributed by atoms with Crippen molar-refractivity contribution in [2.24, 2.45) is 0 Å². The van der Waals surface area contributed by atoms with Gasteiger partial charge in [-0.25, -0.2) is 0 Å². The van der Waals surface area contributed by atoms with E-state index in [4.69, 9.17) is 16.3 Å². The van der Waals surface area contributed by atoms with Crippen LogP contribution in [0.5, 0.6) is 5.75 Å². The van der Waals surface area contributed by atoms with E-state index in [1.54, 1.807) is 17.0 Å². The Labute approximate surface area is 177 Å². The molecule has 1 saturated heterocycles. The van der Waals surface area contributed by atoms with Crippen molar-refractivity contribution in [1.82, 2.24) is 10.2 Å². The Hall–Kier alpha value is -2.53. The van der Waals surface area contributed by atoms with E-state index in [1.807, 2.05) is 43.3 Å². The minimum absolute atomic E-state index is 0.00910. The lowest BCUT2D eigenvalue weighted by molar-refractivity contribution is -0.134. The van der Waals surface area contributed by atoms with Gasteiger partial charge in [-0.3, -0.25) is 9.59 Å². The van der Waals surface area contributed by atoms with E-state index in [1.165, 1.54) is 5.56 Å². The average Bonchev–Trinajstić information content (AvgIpc) is 2.74. The first-order valence-electron chi connectivity index (χ1n) is 10.0. The van der Waals surface area contributed by atoms with E-state index in [0.717, 1.165) is 24.8 Å². The maximum absolute atomic E-state index is 12.4. The second kappa shape index (κ2) is 10.3.